The molecule has 1 aliphatic rings. The Bertz CT molecular complexity index is 601. The van der Waals surface area contributed by atoms with Crippen LogP contribution < -0.4 is 5.32 Å². The summed E-state index contributed by atoms with van der Waals surface area (Å²) >= 11 is 0. The number of benzene rings is 1. The number of hydrogen-bond donors (Lipinski definition) is 2. The van der Waals surface area contributed by atoms with E-state index < -0.39 is 29.6 Å². The van der Waals surface area contributed by atoms with E-state index in [-0.39, 0.29) is 17.9 Å². The van der Waals surface area contributed by atoms with Crippen molar-refractivity contribution in [3.05, 3.63) is 35.4 Å². The molecule has 1 unspecified atom stereocenters. The van der Waals surface area contributed by atoms with Crippen LogP contribution in [0.15, 0.2) is 18.2 Å². The molecule has 0 aliphatic carbocycles. The van der Waals surface area contributed by atoms with Crippen molar-refractivity contribution < 1.29 is 23.5 Å². The monoisotopic (exact) mass is 340 g/mol. The first kappa shape index (κ1) is 18.3. The maximum absolute atomic E-state index is 13.8. The average Bonchev–Trinajstić information content (AvgIpc) is 2.55. The zero-order valence-electron chi connectivity index (χ0n) is 13.6. The molecule has 1 aliphatic heterocycles. The number of aliphatic carboxylic acids is 1. The number of piperidine rings is 1. The summed E-state index contributed by atoms with van der Waals surface area (Å²) in [5.41, 5.74) is -0.378. The van der Waals surface area contributed by atoms with Crippen molar-refractivity contribution in [2.24, 2.45) is 5.92 Å². The predicted molar refractivity (Wildman–Crippen MR) is 84.3 cm³/mol. The van der Waals surface area contributed by atoms with Gasteiger partial charge in [0.1, 0.15) is 11.6 Å². The molecule has 1 saturated heterocycles. The van der Waals surface area contributed by atoms with Crippen molar-refractivity contribution in [1.29, 1.82) is 0 Å². The molecule has 0 bridgehead atoms. The van der Waals surface area contributed by atoms with Gasteiger partial charge in [-0.05, 0) is 56.6 Å². The number of carboxylic acids is 1. The van der Waals surface area contributed by atoms with Crippen LogP contribution in [-0.4, -0.2) is 41.5 Å². The van der Waals surface area contributed by atoms with Crippen LogP contribution in [0.1, 0.15) is 37.8 Å². The molecule has 1 heterocycles. The van der Waals surface area contributed by atoms with Crippen molar-refractivity contribution >= 4 is 11.9 Å². The molecule has 5 nitrogen and oxygen atoms in total. The minimum atomic E-state index is -1.59. The van der Waals surface area contributed by atoms with E-state index in [0.29, 0.717) is 0 Å². The van der Waals surface area contributed by atoms with Gasteiger partial charge in [-0.2, -0.15) is 0 Å². The zero-order chi connectivity index (χ0) is 17.7. The van der Waals surface area contributed by atoms with Crippen molar-refractivity contribution in [2.75, 3.05) is 19.6 Å². The van der Waals surface area contributed by atoms with Gasteiger partial charge in [0.15, 0.2) is 6.04 Å². The molecule has 24 heavy (non-hydrogen) atoms. The van der Waals surface area contributed by atoms with Crippen molar-refractivity contribution in [2.45, 2.75) is 32.2 Å². The normalized spacial score (nSPS) is 17.5. The summed E-state index contributed by atoms with van der Waals surface area (Å²) in [6, 6.07) is 0.964. The van der Waals surface area contributed by atoms with Gasteiger partial charge in [0.05, 0.1) is 0 Å². The summed E-state index contributed by atoms with van der Waals surface area (Å²) in [5, 5.41) is 11.6. The van der Waals surface area contributed by atoms with E-state index in [4.69, 9.17) is 0 Å². The van der Waals surface area contributed by atoms with Gasteiger partial charge >= 0.3 is 5.97 Å². The fraction of sp³-hybridized carbons (Fsp3) is 0.529. The van der Waals surface area contributed by atoms with Gasteiger partial charge in [-0.3, -0.25) is 4.79 Å². The highest BCUT2D eigenvalue weighted by Crippen LogP contribution is 2.22. The first-order chi connectivity index (χ1) is 11.4. The number of hydrogen-bond acceptors (Lipinski definition) is 3. The van der Waals surface area contributed by atoms with Gasteiger partial charge in [0.25, 0.3) is 0 Å². The summed E-state index contributed by atoms with van der Waals surface area (Å²) in [5.74, 6) is -3.31. The molecule has 132 valence electrons. The van der Waals surface area contributed by atoms with E-state index in [1.807, 2.05) is 0 Å². The number of carboxylic acid groups (broad SMARTS) is 1. The van der Waals surface area contributed by atoms with Crippen molar-refractivity contribution in [1.82, 2.24) is 10.2 Å². The second-order valence-electron chi connectivity index (χ2n) is 6.09. The fourth-order valence-electron chi connectivity index (χ4n) is 3.00. The van der Waals surface area contributed by atoms with Crippen LogP contribution in [0.3, 0.4) is 0 Å². The second-order valence-corrected chi connectivity index (χ2v) is 6.09. The summed E-state index contributed by atoms with van der Waals surface area (Å²) in [7, 11) is 0. The van der Waals surface area contributed by atoms with Crippen LogP contribution in [0.2, 0.25) is 0 Å². The lowest BCUT2D eigenvalue weighted by Gasteiger charge is -2.30. The Morgan fingerprint density at radius 2 is 2.00 bits per heavy atom. The summed E-state index contributed by atoms with van der Waals surface area (Å²) < 4.78 is 27.1. The Morgan fingerprint density at radius 3 is 2.58 bits per heavy atom. The average molecular weight is 340 g/mol. The lowest BCUT2D eigenvalue weighted by Crippen LogP contribution is -2.38. The maximum Gasteiger partial charge on any atom is 0.331 e. The van der Waals surface area contributed by atoms with Gasteiger partial charge < -0.3 is 15.3 Å². The first-order valence-electron chi connectivity index (χ1n) is 8.10. The quantitative estimate of drug-likeness (QED) is 0.834. The highest BCUT2D eigenvalue weighted by atomic mass is 19.1. The molecular weight excluding hydrogens is 318 g/mol. The highest BCUT2D eigenvalue weighted by molar-refractivity contribution is 5.84. The third kappa shape index (κ3) is 4.74. The molecule has 1 amide bonds. The Balaban J connectivity index is 1.99. The van der Waals surface area contributed by atoms with E-state index in [9.17, 15) is 23.5 Å². The molecule has 1 fully saturated rings. The lowest BCUT2D eigenvalue weighted by atomic mass is 9.93. The lowest BCUT2D eigenvalue weighted by molar-refractivity contribution is -0.142. The van der Waals surface area contributed by atoms with Gasteiger partial charge in [-0.1, -0.05) is 6.92 Å². The number of carbonyl (C=O) groups is 2. The molecule has 1 aromatic rings. The molecule has 0 saturated carbocycles. The Hall–Kier alpha value is -2.02. The Labute approximate surface area is 139 Å². The number of nitrogens with one attached hydrogen (secondary N) is 1. The summed E-state index contributed by atoms with van der Waals surface area (Å²) in [6.45, 7) is 4.88. The SMILES string of the molecule is CCN1CCC(CC(=O)NC(C(=O)O)c2cc(F)ccc2F)CC1. The second kappa shape index (κ2) is 8.19. The molecule has 7 heteroatoms. The smallest absolute Gasteiger partial charge is 0.331 e. The van der Waals surface area contributed by atoms with Gasteiger partial charge in [-0.25, -0.2) is 13.6 Å². The number of halogens is 2. The molecule has 0 radical (unpaired) electrons. The number of likely N-dealkylation sites (tertiary alicyclic amines) is 1. The number of nitrogens with zero attached hydrogens (tertiary/aromatic N) is 1. The first-order valence-corrected chi connectivity index (χ1v) is 8.10. The number of rotatable bonds is 6. The third-order valence-electron chi connectivity index (χ3n) is 4.45. The van der Waals surface area contributed by atoms with Crippen LogP contribution in [0.25, 0.3) is 0 Å². The molecule has 1 atom stereocenters. The Kier molecular flexibility index (Phi) is 6.25. The highest BCUT2D eigenvalue weighted by Gasteiger charge is 2.27. The molecular formula is C17H22F2N2O3. The molecule has 0 spiro atoms. The van der Waals surface area contributed by atoms with Crippen LogP contribution in [0.5, 0.6) is 0 Å². The maximum atomic E-state index is 13.8. The molecule has 2 rings (SSSR count). The van der Waals surface area contributed by atoms with Gasteiger partial charge in [0.2, 0.25) is 5.91 Å². The van der Waals surface area contributed by atoms with Crippen LogP contribution in [0, 0.1) is 17.6 Å². The van der Waals surface area contributed by atoms with Crippen LogP contribution in [0.4, 0.5) is 8.78 Å². The summed E-state index contributed by atoms with van der Waals surface area (Å²) in [6.07, 6.45) is 1.93. The standard InChI is InChI=1S/C17H22F2N2O3/c1-2-21-7-5-11(6-8-21)9-15(22)20-16(17(23)24)13-10-12(18)3-4-14(13)19/h3-4,10-11,16H,2,5-9H2,1H3,(H,20,22)(H,23,24). The van der Waals surface area contributed by atoms with E-state index >= 15 is 0 Å². The topological polar surface area (TPSA) is 69.6 Å². The van der Waals surface area contributed by atoms with Crippen molar-refractivity contribution in [3.63, 3.8) is 0 Å². The minimum Gasteiger partial charge on any atom is -0.479 e. The van der Waals surface area contributed by atoms with E-state index in [0.717, 1.165) is 50.7 Å². The van der Waals surface area contributed by atoms with Crippen LogP contribution in [-0.2, 0) is 9.59 Å². The molecule has 0 aromatic heterocycles. The third-order valence-corrected chi connectivity index (χ3v) is 4.45. The number of amides is 1. The predicted octanol–water partition coefficient (Wildman–Crippen LogP) is 2.33. The summed E-state index contributed by atoms with van der Waals surface area (Å²) in [4.78, 5) is 25.8. The van der Waals surface area contributed by atoms with Gasteiger partial charge in [0, 0.05) is 12.0 Å². The van der Waals surface area contributed by atoms with E-state index in [2.05, 4.69) is 17.1 Å². The zero-order valence-corrected chi connectivity index (χ0v) is 13.6. The van der Waals surface area contributed by atoms with E-state index in [1.54, 1.807) is 0 Å². The minimum absolute atomic E-state index is 0.180. The Morgan fingerprint density at radius 1 is 1.33 bits per heavy atom. The molecule has 2 N–H and O–H groups in total. The van der Waals surface area contributed by atoms with Crippen LogP contribution >= 0.6 is 0 Å². The number of carbonyl (C=O) groups excluding carboxylic acids is 1. The van der Waals surface area contributed by atoms with Gasteiger partial charge in [-0.15, -0.1) is 0 Å². The van der Waals surface area contributed by atoms with E-state index in [1.165, 1.54) is 0 Å². The fourth-order valence-corrected chi connectivity index (χ4v) is 3.00. The molecule has 1 aromatic carbocycles. The van der Waals surface area contributed by atoms with Crippen molar-refractivity contribution in [3.8, 4) is 0 Å². The largest absolute Gasteiger partial charge is 0.479 e.